The predicted octanol–water partition coefficient (Wildman–Crippen LogP) is 7.90. The van der Waals surface area contributed by atoms with E-state index in [1.54, 1.807) is 18.3 Å². The summed E-state index contributed by atoms with van der Waals surface area (Å²) in [6, 6.07) is 32.7. The Balaban J connectivity index is 1.27. The molecule has 4 nitrogen and oxygen atoms in total. The molecule has 0 saturated carbocycles. The van der Waals surface area contributed by atoms with Crippen LogP contribution in [0.3, 0.4) is 0 Å². The topological polar surface area (TPSA) is 40.6 Å². The van der Waals surface area contributed by atoms with E-state index in [0.717, 1.165) is 28.3 Å². The molecular formula is C33H27F2NO3. The van der Waals surface area contributed by atoms with Crippen LogP contribution in [-0.2, 0) is 31.2 Å². The Hall–Kier alpha value is -4.55. The highest BCUT2D eigenvalue weighted by Crippen LogP contribution is 2.26. The number of rotatable bonds is 11. The third kappa shape index (κ3) is 7.49. The molecule has 0 aliphatic rings. The fraction of sp³-hybridized carbons (Fsp3) is 0.121. The molecule has 39 heavy (non-hydrogen) atoms. The Morgan fingerprint density at radius 3 is 1.77 bits per heavy atom. The molecule has 0 saturated heterocycles. The molecule has 0 bridgehead atoms. The molecule has 1 aromatic heterocycles. The molecule has 0 spiro atoms. The quantitative estimate of drug-likeness (QED) is 0.176. The molecule has 0 fully saturated rings. The van der Waals surface area contributed by atoms with E-state index in [1.165, 1.54) is 12.1 Å². The molecule has 5 aromatic rings. The molecule has 0 radical (unpaired) electrons. The van der Waals surface area contributed by atoms with Crippen molar-refractivity contribution in [2.45, 2.75) is 26.4 Å². The maximum Gasteiger partial charge on any atom is 0.135 e. The minimum absolute atomic E-state index is 0.238. The third-order valence-electron chi connectivity index (χ3n) is 6.01. The summed E-state index contributed by atoms with van der Waals surface area (Å²) in [6.45, 7) is 1.46. The predicted molar refractivity (Wildman–Crippen MR) is 146 cm³/mol. The molecule has 6 heteroatoms. The number of aromatic nitrogens is 1. The van der Waals surface area contributed by atoms with Gasteiger partial charge in [-0.2, -0.15) is 0 Å². The highest BCUT2D eigenvalue weighted by molar-refractivity contribution is 5.60. The summed E-state index contributed by atoms with van der Waals surface area (Å²) in [6.07, 6.45) is 1.59. The first-order chi connectivity index (χ1) is 19.1. The van der Waals surface area contributed by atoms with Crippen molar-refractivity contribution in [2.75, 3.05) is 0 Å². The summed E-state index contributed by atoms with van der Waals surface area (Å²) in [5.74, 6) is 0.0794. The normalized spacial score (nSPS) is 10.8. The number of halogens is 2. The van der Waals surface area contributed by atoms with Crippen LogP contribution in [0.4, 0.5) is 8.78 Å². The third-order valence-corrected chi connectivity index (χ3v) is 6.01. The van der Waals surface area contributed by atoms with Crippen molar-refractivity contribution in [3.63, 3.8) is 0 Å². The smallest absolute Gasteiger partial charge is 0.135 e. The van der Waals surface area contributed by atoms with Crippen LogP contribution in [0.15, 0.2) is 115 Å². The van der Waals surface area contributed by atoms with E-state index >= 15 is 0 Å². The van der Waals surface area contributed by atoms with Gasteiger partial charge in [0.25, 0.3) is 0 Å². The van der Waals surface area contributed by atoms with E-state index in [-0.39, 0.29) is 12.2 Å². The van der Waals surface area contributed by atoms with Crippen LogP contribution in [0.2, 0.25) is 0 Å². The zero-order valence-corrected chi connectivity index (χ0v) is 21.2. The van der Waals surface area contributed by atoms with Crippen LogP contribution < -0.4 is 9.47 Å². The van der Waals surface area contributed by atoms with E-state index in [2.05, 4.69) is 4.98 Å². The van der Waals surface area contributed by atoms with Gasteiger partial charge in [0.2, 0.25) is 0 Å². The summed E-state index contributed by atoms with van der Waals surface area (Å²) in [5, 5.41) is 0. The fourth-order valence-corrected chi connectivity index (χ4v) is 4.06. The minimum Gasteiger partial charge on any atom is -0.489 e. The first-order valence-corrected chi connectivity index (χ1v) is 12.6. The Morgan fingerprint density at radius 1 is 0.538 bits per heavy atom. The Kier molecular flexibility index (Phi) is 8.56. The SMILES string of the molecule is Fc1ccc(-c2cc(COCc3cc(OCc4ccccc4)cc(OCc4ccccc4)c3)ccn2)c(F)c1. The van der Waals surface area contributed by atoms with Gasteiger partial charge in [0.1, 0.15) is 36.3 Å². The van der Waals surface area contributed by atoms with Gasteiger partial charge in [0.15, 0.2) is 0 Å². The molecule has 5 rings (SSSR count). The zero-order chi connectivity index (χ0) is 26.9. The lowest BCUT2D eigenvalue weighted by atomic mass is 10.1. The van der Waals surface area contributed by atoms with Gasteiger partial charge in [-0.1, -0.05) is 60.7 Å². The lowest BCUT2D eigenvalue weighted by molar-refractivity contribution is 0.106. The number of benzene rings is 4. The maximum absolute atomic E-state index is 14.2. The van der Waals surface area contributed by atoms with Gasteiger partial charge < -0.3 is 14.2 Å². The summed E-state index contributed by atoms with van der Waals surface area (Å²) in [5.41, 5.74) is 4.50. The van der Waals surface area contributed by atoms with Gasteiger partial charge in [-0.3, -0.25) is 4.98 Å². The van der Waals surface area contributed by atoms with Crippen molar-refractivity contribution in [2.24, 2.45) is 0 Å². The van der Waals surface area contributed by atoms with Crippen molar-refractivity contribution in [1.82, 2.24) is 4.98 Å². The van der Waals surface area contributed by atoms with E-state index in [0.29, 0.717) is 37.0 Å². The maximum atomic E-state index is 14.2. The van der Waals surface area contributed by atoms with Gasteiger partial charge >= 0.3 is 0 Å². The first-order valence-electron chi connectivity index (χ1n) is 12.6. The second kappa shape index (κ2) is 12.8. The molecule has 1 heterocycles. The van der Waals surface area contributed by atoms with Crippen molar-refractivity contribution in [3.8, 4) is 22.8 Å². The molecule has 0 unspecified atom stereocenters. The molecule has 4 aromatic carbocycles. The monoisotopic (exact) mass is 523 g/mol. The summed E-state index contributed by atoms with van der Waals surface area (Å²) < 4.78 is 45.6. The average Bonchev–Trinajstić information content (AvgIpc) is 2.96. The van der Waals surface area contributed by atoms with Crippen LogP contribution in [0.1, 0.15) is 22.3 Å². The summed E-state index contributed by atoms with van der Waals surface area (Å²) in [7, 11) is 0. The van der Waals surface area contributed by atoms with E-state index in [9.17, 15) is 8.78 Å². The molecule has 0 aliphatic carbocycles. The Morgan fingerprint density at radius 2 is 1.15 bits per heavy atom. The number of nitrogens with zero attached hydrogens (tertiary/aromatic N) is 1. The Bertz CT molecular complexity index is 1450. The number of hydrogen-bond acceptors (Lipinski definition) is 4. The van der Waals surface area contributed by atoms with Crippen molar-refractivity contribution >= 4 is 0 Å². The summed E-state index contributed by atoms with van der Waals surface area (Å²) in [4.78, 5) is 4.23. The van der Waals surface area contributed by atoms with Gasteiger partial charge in [-0.15, -0.1) is 0 Å². The standard InChI is InChI=1S/C33H27F2NO3/c34-28-11-12-31(32(35)18-28)33-17-26(13-14-36-33)20-37-21-27-15-29(38-22-24-7-3-1-4-8-24)19-30(16-27)39-23-25-9-5-2-6-10-25/h1-19H,20-23H2. The van der Waals surface area contributed by atoms with E-state index in [4.69, 9.17) is 14.2 Å². The van der Waals surface area contributed by atoms with Crippen molar-refractivity contribution in [3.05, 3.63) is 149 Å². The Labute approximate surface area is 226 Å². The fourth-order valence-electron chi connectivity index (χ4n) is 4.06. The summed E-state index contributed by atoms with van der Waals surface area (Å²) >= 11 is 0. The number of hydrogen-bond donors (Lipinski definition) is 0. The second-order valence-electron chi connectivity index (χ2n) is 9.03. The molecule has 0 N–H and O–H groups in total. The van der Waals surface area contributed by atoms with Gasteiger partial charge in [-0.25, -0.2) is 8.78 Å². The van der Waals surface area contributed by atoms with Crippen LogP contribution >= 0.6 is 0 Å². The van der Waals surface area contributed by atoms with Crippen molar-refractivity contribution < 1.29 is 23.0 Å². The molecule has 0 amide bonds. The molecule has 196 valence electrons. The average molecular weight is 524 g/mol. The largest absolute Gasteiger partial charge is 0.489 e. The first kappa shape index (κ1) is 26.1. The molecule has 0 aliphatic heterocycles. The highest BCUT2D eigenvalue weighted by Gasteiger charge is 2.10. The number of pyridine rings is 1. The second-order valence-corrected chi connectivity index (χ2v) is 9.03. The van der Waals surface area contributed by atoms with E-state index in [1.807, 2.05) is 78.9 Å². The molecular weight excluding hydrogens is 496 g/mol. The van der Waals surface area contributed by atoms with Crippen LogP contribution in [0.25, 0.3) is 11.3 Å². The van der Waals surface area contributed by atoms with Gasteiger partial charge in [-0.05, 0) is 58.7 Å². The highest BCUT2D eigenvalue weighted by atomic mass is 19.1. The van der Waals surface area contributed by atoms with Crippen LogP contribution in [0, 0.1) is 11.6 Å². The zero-order valence-electron chi connectivity index (χ0n) is 21.2. The van der Waals surface area contributed by atoms with Crippen molar-refractivity contribution in [1.29, 1.82) is 0 Å². The van der Waals surface area contributed by atoms with Gasteiger partial charge in [0.05, 0.1) is 18.9 Å². The van der Waals surface area contributed by atoms with Gasteiger partial charge in [0, 0.05) is 23.9 Å². The lowest BCUT2D eigenvalue weighted by Crippen LogP contribution is -2.01. The van der Waals surface area contributed by atoms with Crippen LogP contribution in [-0.4, -0.2) is 4.98 Å². The van der Waals surface area contributed by atoms with E-state index < -0.39 is 11.6 Å². The number of ether oxygens (including phenoxy) is 3. The minimum atomic E-state index is -0.657. The molecule has 0 atom stereocenters. The van der Waals surface area contributed by atoms with Crippen LogP contribution in [0.5, 0.6) is 11.5 Å². The lowest BCUT2D eigenvalue weighted by Gasteiger charge is -2.13.